The maximum absolute atomic E-state index is 12.4. The lowest BCUT2D eigenvalue weighted by molar-refractivity contribution is 0.00327. The number of ether oxygens (including phenoxy) is 1. The fraction of sp³-hybridized carbons (Fsp3) is 0.227. The average molecular weight is 391 g/mol. The minimum Gasteiger partial charge on any atom is -0.478 e. The Balaban J connectivity index is 1.41. The summed E-state index contributed by atoms with van der Waals surface area (Å²) < 4.78 is 7.86. The summed E-state index contributed by atoms with van der Waals surface area (Å²) in [5, 5.41) is 12.0. The van der Waals surface area contributed by atoms with Crippen molar-refractivity contribution in [3.63, 3.8) is 0 Å². The number of rotatable bonds is 5. The van der Waals surface area contributed by atoms with Crippen LogP contribution in [0.2, 0.25) is 0 Å². The molecule has 0 unspecified atom stereocenters. The molecule has 0 saturated heterocycles. The number of carboxylic acids is 1. The van der Waals surface area contributed by atoms with E-state index in [-0.39, 0.29) is 23.8 Å². The van der Waals surface area contributed by atoms with Crippen molar-refractivity contribution in [1.82, 2.24) is 14.9 Å². The molecule has 7 heteroatoms. The van der Waals surface area contributed by atoms with Crippen LogP contribution in [0.5, 0.6) is 0 Å². The van der Waals surface area contributed by atoms with Gasteiger partial charge in [0.1, 0.15) is 12.4 Å². The summed E-state index contributed by atoms with van der Waals surface area (Å²) in [7, 11) is 0. The van der Waals surface area contributed by atoms with E-state index >= 15 is 0 Å². The molecule has 0 fully saturated rings. The molecule has 0 saturated carbocycles. The van der Waals surface area contributed by atoms with Gasteiger partial charge in [0.2, 0.25) is 0 Å². The van der Waals surface area contributed by atoms with Gasteiger partial charge in [-0.25, -0.2) is 9.78 Å². The van der Waals surface area contributed by atoms with Gasteiger partial charge in [0.25, 0.3) is 5.91 Å². The number of benzene rings is 2. The zero-order chi connectivity index (χ0) is 20.4. The third-order valence-electron chi connectivity index (χ3n) is 4.95. The third kappa shape index (κ3) is 4.05. The van der Waals surface area contributed by atoms with Crippen molar-refractivity contribution in [2.45, 2.75) is 26.2 Å². The van der Waals surface area contributed by atoms with E-state index in [1.165, 1.54) is 17.7 Å². The molecule has 2 N–H and O–H groups in total. The van der Waals surface area contributed by atoms with Gasteiger partial charge in [-0.05, 0) is 19.1 Å². The second kappa shape index (κ2) is 7.89. The Morgan fingerprint density at radius 3 is 2.62 bits per heavy atom. The van der Waals surface area contributed by atoms with E-state index in [0.717, 1.165) is 17.1 Å². The van der Waals surface area contributed by atoms with Gasteiger partial charge >= 0.3 is 5.97 Å². The first kappa shape index (κ1) is 18.9. The molecule has 2 heterocycles. The molecule has 2 aromatic carbocycles. The van der Waals surface area contributed by atoms with E-state index in [2.05, 4.69) is 22.4 Å². The van der Waals surface area contributed by atoms with E-state index in [0.29, 0.717) is 13.2 Å². The monoisotopic (exact) mass is 391 g/mol. The molecular weight excluding hydrogens is 370 g/mol. The Hall–Kier alpha value is -3.45. The second-order valence-corrected chi connectivity index (χ2v) is 7.05. The number of hydrogen-bond donors (Lipinski definition) is 2. The summed E-state index contributed by atoms with van der Waals surface area (Å²) in [6, 6.07) is 14.3. The van der Waals surface area contributed by atoms with Gasteiger partial charge in [-0.1, -0.05) is 42.0 Å². The predicted octanol–water partition coefficient (Wildman–Crippen LogP) is 2.89. The number of nitrogens with zero attached hydrogens (tertiary/aromatic N) is 2. The molecule has 29 heavy (non-hydrogen) atoms. The quantitative estimate of drug-likeness (QED) is 0.698. The Morgan fingerprint density at radius 1 is 1.17 bits per heavy atom. The lowest BCUT2D eigenvalue weighted by Crippen LogP contribution is -2.39. The van der Waals surface area contributed by atoms with Crippen molar-refractivity contribution in [2.24, 2.45) is 0 Å². The summed E-state index contributed by atoms with van der Waals surface area (Å²) in [5.41, 5.74) is 3.26. The van der Waals surface area contributed by atoms with Gasteiger partial charge < -0.3 is 19.7 Å². The fourth-order valence-corrected chi connectivity index (χ4v) is 3.35. The van der Waals surface area contributed by atoms with Crippen LogP contribution in [0.25, 0.3) is 11.3 Å². The van der Waals surface area contributed by atoms with Crippen molar-refractivity contribution < 1.29 is 19.4 Å². The topological polar surface area (TPSA) is 93.5 Å². The molecule has 1 atom stereocenters. The van der Waals surface area contributed by atoms with Crippen LogP contribution in [0.1, 0.15) is 32.1 Å². The molecule has 0 radical (unpaired) electrons. The van der Waals surface area contributed by atoms with Gasteiger partial charge in [0.15, 0.2) is 0 Å². The number of carbonyl (C=O) groups is 2. The van der Waals surface area contributed by atoms with Gasteiger partial charge in [-0.3, -0.25) is 4.79 Å². The highest BCUT2D eigenvalue weighted by Crippen LogP contribution is 2.22. The third-order valence-corrected chi connectivity index (χ3v) is 4.95. The van der Waals surface area contributed by atoms with Crippen molar-refractivity contribution in [1.29, 1.82) is 0 Å². The molecule has 1 aliphatic heterocycles. The number of amides is 1. The van der Waals surface area contributed by atoms with Crippen LogP contribution >= 0.6 is 0 Å². The van der Waals surface area contributed by atoms with Gasteiger partial charge in [0, 0.05) is 18.3 Å². The average Bonchev–Trinajstić information content (AvgIpc) is 3.15. The summed E-state index contributed by atoms with van der Waals surface area (Å²) in [6.07, 6.45) is 1.78. The molecule has 0 spiro atoms. The maximum atomic E-state index is 12.4. The van der Waals surface area contributed by atoms with Crippen LogP contribution < -0.4 is 5.32 Å². The molecule has 0 aliphatic carbocycles. The standard InChI is InChI=1S/C22H21N3O4/c1-14-6-8-15(9-7-14)19-12-25-11-16(29-13-20(25)24-19)10-23-21(26)17-4-2-3-5-18(17)22(27)28/h2-9,12,16H,10-11,13H2,1H3,(H,23,26)(H,27,28)/t16-/m0/s1. The van der Waals surface area contributed by atoms with E-state index < -0.39 is 11.9 Å². The lowest BCUT2D eigenvalue weighted by atomic mass is 10.1. The number of aromatic carboxylic acids is 1. The van der Waals surface area contributed by atoms with Crippen LogP contribution in [0.3, 0.4) is 0 Å². The molecule has 1 aromatic heterocycles. The van der Waals surface area contributed by atoms with Crippen LogP contribution in [-0.2, 0) is 17.9 Å². The Bertz CT molecular complexity index is 1060. The zero-order valence-electron chi connectivity index (χ0n) is 16.0. The molecular formula is C22H21N3O4. The van der Waals surface area contributed by atoms with Crippen molar-refractivity contribution in [3.8, 4) is 11.3 Å². The van der Waals surface area contributed by atoms with Crippen LogP contribution in [-0.4, -0.2) is 39.2 Å². The van der Waals surface area contributed by atoms with Crippen molar-refractivity contribution >= 4 is 11.9 Å². The Labute approximate surface area is 168 Å². The van der Waals surface area contributed by atoms with Crippen molar-refractivity contribution in [3.05, 3.63) is 77.2 Å². The highest BCUT2D eigenvalue weighted by Gasteiger charge is 2.23. The number of carbonyl (C=O) groups excluding carboxylic acids is 1. The largest absolute Gasteiger partial charge is 0.478 e. The number of hydrogen-bond acceptors (Lipinski definition) is 4. The fourth-order valence-electron chi connectivity index (χ4n) is 3.35. The minimum atomic E-state index is -1.13. The van der Waals surface area contributed by atoms with E-state index in [1.54, 1.807) is 12.1 Å². The van der Waals surface area contributed by atoms with Crippen LogP contribution in [0, 0.1) is 6.92 Å². The van der Waals surface area contributed by atoms with Gasteiger partial charge in [0.05, 0.1) is 29.5 Å². The van der Waals surface area contributed by atoms with E-state index in [9.17, 15) is 14.7 Å². The first-order valence-corrected chi connectivity index (χ1v) is 9.36. The summed E-state index contributed by atoms with van der Waals surface area (Å²) in [5.74, 6) is -0.709. The number of aryl methyl sites for hydroxylation is 1. The smallest absolute Gasteiger partial charge is 0.336 e. The molecule has 1 aliphatic rings. The molecule has 1 amide bonds. The van der Waals surface area contributed by atoms with Crippen molar-refractivity contribution in [2.75, 3.05) is 6.54 Å². The summed E-state index contributed by atoms with van der Waals surface area (Å²) in [6.45, 7) is 3.25. The Kier molecular flexibility index (Phi) is 5.14. The molecule has 4 rings (SSSR count). The second-order valence-electron chi connectivity index (χ2n) is 7.05. The number of aromatic nitrogens is 2. The zero-order valence-corrected chi connectivity index (χ0v) is 16.0. The van der Waals surface area contributed by atoms with E-state index in [4.69, 9.17) is 4.74 Å². The first-order chi connectivity index (χ1) is 14.0. The molecule has 0 bridgehead atoms. The SMILES string of the molecule is Cc1ccc(-c2cn3c(n2)CO[C@@H](CNC(=O)c2ccccc2C(=O)O)C3)cc1. The van der Waals surface area contributed by atoms with Crippen LogP contribution in [0.4, 0.5) is 0 Å². The molecule has 3 aromatic rings. The maximum Gasteiger partial charge on any atom is 0.336 e. The number of fused-ring (bicyclic) bond motifs is 1. The van der Waals surface area contributed by atoms with Gasteiger partial charge in [-0.2, -0.15) is 0 Å². The first-order valence-electron chi connectivity index (χ1n) is 9.36. The predicted molar refractivity (Wildman–Crippen MR) is 107 cm³/mol. The lowest BCUT2D eigenvalue weighted by Gasteiger charge is -2.24. The minimum absolute atomic E-state index is 0.0193. The van der Waals surface area contributed by atoms with E-state index in [1.807, 2.05) is 29.8 Å². The molecule has 148 valence electrons. The number of nitrogens with one attached hydrogen (secondary N) is 1. The Morgan fingerprint density at radius 2 is 1.90 bits per heavy atom. The highest BCUT2D eigenvalue weighted by atomic mass is 16.5. The molecule has 7 nitrogen and oxygen atoms in total. The summed E-state index contributed by atoms with van der Waals surface area (Å²) in [4.78, 5) is 28.4. The normalized spacial score (nSPS) is 15.6. The van der Waals surface area contributed by atoms with Crippen LogP contribution in [0.15, 0.2) is 54.7 Å². The number of imidazole rings is 1. The number of carboxylic acid groups (broad SMARTS) is 1. The van der Waals surface area contributed by atoms with Gasteiger partial charge in [-0.15, -0.1) is 0 Å². The summed E-state index contributed by atoms with van der Waals surface area (Å²) >= 11 is 0. The highest BCUT2D eigenvalue weighted by molar-refractivity contribution is 6.04.